The summed E-state index contributed by atoms with van der Waals surface area (Å²) in [5.41, 5.74) is 10.2. The Morgan fingerprint density at radius 2 is 0.808 bits per heavy atom. The van der Waals surface area contributed by atoms with Crippen LogP contribution in [0.15, 0.2) is 17.9 Å². The lowest BCUT2D eigenvalue weighted by atomic mass is 9.98. The van der Waals surface area contributed by atoms with Crippen LogP contribution < -0.4 is 0 Å². The quantitative estimate of drug-likeness (QED) is 0.101. The molecule has 0 aliphatic carbocycles. The lowest BCUT2D eigenvalue weighted by molar-refractivity contribution is -0.138. The number of hydrogen-bond donors (Lipinski definition) is 6. The lowest BCUT2D eigenvalue weighted by Crippen LogP contribution is -1.99. The van der Waals surface area contributed by atoms with Gasteiger partial charge in [-0.05, 0) is 162 Å². The molecule has 0 fully saturated rings. The number of nitrogens with zero attached hydrogens (tertiary/aromatic N) is 2. The summed E-state index contributed by atoms with van der Waals surface area (Å²) in [6.07, 6.45) is 0.0895. The van der Waals surface area contributed by atoms with E-state index in [4.69, 9.17) is 9.97 Å². The molecule has 274 valence electrons. The molecule has 2 aliphatic rings. The number of aromatic amines is 2. The Morgan fingerprint density at radius 3 is 1.19 bits per heavy atom. The van der Waals surface area contributed by atoms with Crippen LogP contribution in [0.3, 0.4) is 0 Å². The first-order chi connectivity index (χ1) is 24.4. The molecule has 0 amide bonds. The summed E-state index contributed by atoms with van der Waals surface area (Å²) in [5.74, 6) is -3.90. The van der Waals surface area contributed by atoms with Crippen molar-refractivity contribution in [1.29, 1.82) is 0 Å². The van der Waals surface area contributed by atoms with Gasteiger partial charge < -0.3 is 30.4 Å². The normalized spacial score (nSPS) is 12.9. The summed E-state index contributed by atoms with van der Waals surface area (Å²) >= 11 is 15.1. The number of fused-ring (bicyclic) bond motifs is 8. The van der Waals surface area contributed by atoms with Gasteiger partial charge in [0.25, 0.3) is 0 Å². The molecule has 3 aromatic heterocycles. The van der Waals surface area contributed by atoms with Gasteiger partial charge in [-0.3, -0.25) is 19.2 Å². The Labute approximate surface area is 331 Å². The number of nitrogens with one attached hydrogen (secondary N) is 2. The summed E-state index contributed by atoms with van der Waals surface area (Å²) in [6.45, 7) is 7.47. The molecular formula is C36H34Br4N4O8. The minimum Gasteiger partial charge on any atom is -0.481 e. The second-order valence-corrected chi connectivity index (χ2v) is 15.8. The van der Waals surface area contributed by atoms with E-state index in [0.29, 0.717) is 73.9 Å². The molecule has 6 N–H and O–H groups in total. The molecule has 3 aromatic rings. The van der Waals surface area contributed by atoms with Crippen LogP contribution in [0.2, 0.25) is 0 Å². The number of allylic oxidation sites excluding steroid dienone is 4. The molecule has 0 saturated carbocycles. The highest BCUT2D eigenvalue weighted by Gasteiger charge is 2.29. The van der Waals surface area contributed by atoms with Crippen LogP contribution in [0.4, 0.5) is 0 Å². The topological polar surface area (TPSA) is 207 Å². The molecule has 2 aliphatic heterocycles. The highest BCUT2D eigenvalue weighted by Crippen LogP contribution is 2.46. The van der Waals surface area contributed by atoms with Crippen LogP contribution in [0.1, 0.15) is 97.4 Å². The van der Waals surface area contributed by atoms with Crippen molar-refractivity contribution in [2.45, 2.75) is 79.1 Å². The molecule has 5 rings (SSSR count). The van der Waals surface area contributed by atoms with E-state index in [1.165, 1.54) is 0 Å². The van der Waals surface area contributed by atoms with E-state index in [2.05, 4.69) is 73.7 Å². The van der Waals surface area contributed by atoms with Crippen molar-refractivity contribution in [3.05, 3.63) is 62.9 Å². The fourth-order valence-electron chi connectivity index (χ4n) is 6.68. The van der Waals surface area contributed by atoms with Crippen molar-refractivity contribution < 1.29 is 39.6 Å². The zero-order valence-corrected chi connectivity index (χ0v) is 34.8. The summed E-state index contributed by atoms with van der Waals surface area (Å²) in [4.78, 5) is 64.2. The van der Waals surface area contributed by atoms with Gasteiger partial charge in [0.1, 0.15) is 0 Å². The third-order valence-corrected chi connectivity index (χ3v) is 12.5. The Kier molecular flexibility index (Phi) is 12.0. The van der Waals surface area contributed by atoms with Crippen LogP contribution in [0, 0.1) is 13.8 Å². The molecule has 12 nitrogen and oxygen atoms in total. The molecule has 0 spiro atoms. The zero-order chi connectivity index (χ0) is 38.3. The van der Waals surface area contributed by atoms with Crippen molar-refractivity contribution in [2.75, 3.05) is 0 Å². The molecule has 0 aromatic carbocycles. The molecule has 0 atom stereocenters. The number of aliphatic carboxylic acids is 4. The average molecular weight is 970 g/mol. The van der Waals surface area contributed by atoms with E-state index in [0.717, 1.165) is 33.4 Å². The maximum Gasteiger partial charge on any atom is 0.303 e. The highest BCUT2D eigenvalue weighted by atomic mass is 79.9. The van der Waals surface area contributed by atoms with Crippen LogP contribution >= 0.6 is 63.7 Å². The average Bonchev–Trinajstić information content (AvgIpc) is 3.79. The van der Waals surface area contributed by atoms with E-state index >= 15 is 0 Å². The van der Waals surface area contributed by atoms with Crippen molar-refractivity contribution >= 4 is 132 Å². The molecule has 5 heterocycles. The van der Waals surface area contributed by atoms with Gasteiger partial charge in [0.15, 0.2) is 0 Å². The second kappa shape index (κ2) is 15.8. The summed E-state index contributed by atoms with van der Waals surface area (Å²) in [7, 11) is 0. The highest BCUT2D eigenvalue weighted by molar-refractivity contribution is 9.11. The second-order valence-electron chi connectivity index (χ2n) is 12.6. The number of halogens is 4. The largest absolute Gasteiger partial charge is 0.481 e. The lowest BCUT2D eigenvalue weighted by Gasteiger charge is -2.07. The first-order valence-electron chi connectivity index (χ1n) is 16.2. The van der Waals surface area contributed by atoms with Crippen molar-refractivity contribution in [3.63, 3.8) is 0 Å². The van der Waals surface area contributed by atoms with Gasteiger partial charge in [-0.2, -0.15) is 0 Å². The number of aromatic nitrogens is 4. The number of carboxylic acids is 4. The minimum absolute atomic E-state index is 0.147. The SMILES string of the molecule is CC1=C(CCC(=O)O)c2nc1c(Br)c1nc(c(Br)c3[nH]c(c(CCC(=O)O)c3C)c(Br)c3[nH]c(c(C)c3CCC(=O)O)c2Br)C(C)=C1CCC(=O)O. The molecule has 52 heavy (non-hydrogen) atoms. The van der Waals surface area contributed by atoms with E-state index in [1.54, 1.807) is 0 Å². The Morgan fingerprint density at radius 1 is 0.481 bits per heavy atom. The number of carbonyl (C=O) groups is 4. The number of hydrogen-bond acceptors (Lipinski definition) is 6. The molecule has 8 bridgehead atoms. The molecule has 0 saturated heterocycles. The van der Waals surface area contributed by atoms with E-state index in [9.17, 15) is 39.6 Å². The molecule has 16 heteroatoms. The van der Waals surface area contributed by atoms with Crippen LogP contribution in [-0.4, -0.2) is 64.2 Å². The van der Waals surface area contributed by atoms with Gasteiger partial charge in [-0.15, -0.1) is 0 Å². The number of carboxylic acid groups (broad SMARTS) is 4. The molecule has 0 unspecified atom stereocenters. The van der Waals surface area contributed by atoms with Gasteiger partial charge in [0.05, 0.1) is 62.7 Å². The van der Waals surface area contributed by atoms with Crippen LogP contribution in [0.5, 0.6) is 0 Å². The van der Waals surface area contributed by atoms with Crippen LogP contribution in [0.25, 0.3) is 44.4 Å². The van der Waals surface area contributed by atoms with Crippen molar-refractivity contribution in [1.82, 2.24) is 19.9 Å². The maximum atomic E-state index is 11.8. The Bertz CT molecular complexity index is 2320. The van der Waals surface area contributed by atoms with Gasteiger partial charge in [0.2, 0.25) is 0 Å². The first kappa shape index (κ1) is 39.6. The fraction of sp³-hybridized carbons (Fsp3) is 0.333. The van der Waals surface area contributed by atoms with E-state index in [1.807, 2.05) is 27.7 Å². The number of H-pyrrole nitrogens is 2. The van der Waals surface area contributed by atoms with Gasteiger partial charge in [0, 0.05) is 25.7 Å². The smallest absolute Gasteiger partial charge is 0.303 e. The van der Waals surface area contributed by atoms with Gasteiger partial charge >= 0.3 is 23.9 Å². The Balaban J connectivity index is 2.07. The minimum atomic E-state index is -0.980. The summed E-state index contributed by atoms with van der Waals surface area (Å²) in [5, 5.41) is 38.6. The standard InChI is InChI=1S/C36H34Br4N4O8/c1-13-17(5-9-21(45)46)33-26(38)31-15(3)18(6-10-22(47)48)34(43-31)27(39)32-16(4)20(8-12-24(51)52)36(44-32)28(40)35-19(7-11-23(49)50)14(2)30(42-35)25(37)29(13)41-33/h42,44H,5-12H2,1-4H3,(H,45,46)(H,47,48)(H,49,50)(H,51,52). The third-order valence-electron chi connectivity index (χ3n) is 9.46. The van der Waals surface area contributed by atoms with Gasteiger partial charge in [-0.25, -0.2) is 9.97 Å². The first-order valence-corrected chi connectivity index (χ1v) is 19.4. The zero-order valence-electron chi connectivity index (χ0n) is 28.5. The van der Waals surface area contributed by atoms with E-state index < -0.39 is 23.9 Å². The van der Waals surface area contributed by atoms with Crippen molar-refractivity contribution in [2.24, 2.45) is 0 Å². The fourth-order valence-corrected chi connectivity index (χ4v) is 9.57. The van der Waals surface area contributed by atoms with Gasteiger partial charge in [-0.1, -0.05) is 0 Å². The number of rotatable bonds is 12. The maximum absolute atomic E-state index is 11.8. The van der Waals surface area contributed by atoms with E-state index in [-0.39, 0.29) is 51.4 Å². The van der Waals surface area contributed by atoms with Crippen LogP contribution in [-0.2, 0) is 32.0 Å². The monoisotopic (exact) mass is 966 g/mol. The molecule has 0 radical (unpaired) electrons. The summed E-state index contributed by atoms with van der Waals surface area (Å²) < 4.78 is 2.15. The predicted octanol–water partition coefficient (Wildman–Crippen LogP) is 9.61. The van der Waals surface area contributed by atoms with Crippen molar-refractivity contribution in [3.8, 4) is 0 Å². The Hall–Kier alpha value is -3.60. The third kappa shape index (κ3) is 7.57. The predicted molar refractivity (Wildman–Crippen MR) is 212 cm³/mol. The number of aryl methyl sites for hydroxylation is 4. The summed E-state index contributed by atoms with van der Waals surface area (Å²) in [6, 6.07) is 0. The molecular weight excluding hydrogens is 936 g/mol.